The van der Waals surface area contributed by atoms with Gasteiger partial charge in [0.15, 0.2) is 0 Å². The predicted molar refractivity (Wildman–Crippen MR) is 112 cm³/mol. The van der Waals surface area contributed by atoms with Crippen LogP contribution in [-0.4, -0.2) is 50.9 Å². The molecule has 1 fully saturated rings. The van der Waals surface area contributed by atoms with Crippen molar-refractivity contribution in [3.05, 3.63) is 75.6 Å². The van der Waals surface area contributed by atoms with Gasteiger partial charge in [-0.05, 0) is 50.1 Å². The lowest BCUT2D eigenvalue weighted by atomic mass is 9.96. The molecular weight excluding hydrogens is 402 g/mol. The second-order valence-corrected chi connectivity index (χ2v) is 7.35. The van der Waals surface area contributed by atoms with Crippen molar-refractivity contribution in [3.63, 3.8) is 0 Å². The van der Waals surface area contributed by atoms with Crippen molar-refractivity contribution in [2.24, 2.45) is 0 Å². The summed E-state index contributed by atoms with van der Waals surface area (Å²) in [5.74, 6) is -1.90. The zero-order valence-electron chi connectivity index (χ0n) is 17.2. The molecule has 0 aliphatic carbocycles. The highest BCUT2D eigenvalue weighted by molar-refractivity contribution is 6.46. The van der Waals surface area contributed by atoms with Crippen LogP contribution in [0.4, 0.5) is 5.69 Å². The van der Waals surface area contributed by atoms with Gasteiger partial charge in [0.1, 0.15) is 5.76 Å². The topological polar surface area (TPSA) is 123 Å². The number of nitro groups is 1. The van der Waals surface area contributed by atoms with E-state index in [-0.39, 0.29) is 35.2 Å². The number of rotatable bonds is 8. The van der Waals surface area contributed by atoms with Crippen LogP contribution in [0.1, 0.15) is 37.4 Å². The first kappa shape index (κ1) is 22.1. The van der Waals surface area contributed by atoms with Crippen LogP contribution in [0, 0.1) is 10.1 Å². The number of amides is 1. The third-order valence-electron chi connectivity index (χ3n) is 4.91. The van der Waals surface area contributed by atoms with E-state index in [0.29, 0.717) is 18.6 Å². The summed E-state index contributed by atoms with van der Waals surface area (Å²) in [6.07, 6.45) is 3.66. The van der Waals surface area contributed by atoms with Gasteiger partial charge in [-0.2, -0.15) is 0 Å². The monoisotopic (exact) mass is 425 g/mol. The van der Waals surface area contributed by atoms with Gasteiger partial charge in [0, 0.05) is 43.2 Å². The zero-order valence-corrected chi connectivity index (χ0v) is 17.2. The maximum Gasteiger partial charge on any atom is 0.295 e. The van der Waals surface area contributed by atoms with E-state index in [1.165, 1.54) is 29.2 Å². The van der Waals surface area contributed by atoms with Crippen molar-refractivity contribution in [1.82, 2.24) is 9.88 Å². The molecule has 0 saturated carbocycles. The summed E-state index contributed by atoms with van der Waals surface area (Å²) in [6.45, 7) is 4.51. The zero-order chi connectivity index (χ0) is 22.5. The van der Waals surface area contributed by atoms with Gasteiger partial charge in [-0.25, -0.2) is 0 Å². The van der Waals surface area contributed by atoms with Crippen molar-refractivity contribution >= 4 is 23.1 Å². The van der Waals surface area contributed by atoms with Crippen LogP contribution in [0.3, 0.4) is 0 Å². The van der Waals surface area contributed by atoms with Crippen molar-refractivity contribution in [2.45, 2.75) is 32.4 Å². The number of nitro benzene ring substituents is 1. The molecule has 0 bridgehead atoms. The Kier molecular flexibility index (Phi) is 6.76. The van der Waals surface area contributed by atoms with Gasteiger partial charge in [-0.15, -0.1) is 0 Å². The third-order valence-corrected chi connectivity index (χ3v) is 4.91. The van der Waals surface area contributed by atoms with Crippen LogP contribution >= 0.6 is 0 Å². The van der Waals surface area contributed by atoms with Crippen LogP contribution in [0.15, 0.2) is 54.4 Å². The number of aliphatic hydroxyl groups is 1. The Morgan fingerprint density at radius 3 is 2.42 bits per heavy atom. The van der Waals surface area contributed by atoms with Crippen molar-refractivity contribution < 1.29 is 24.4 Å². The molecule has 9 nitrogen and oxygen atoms in total. The lowest BCUT2D eigenvalue weighted by Crippen LogP contribution is -2.31. The minimum atomic E-state index is -0.803. The van der Waals surface area contributed by atoms with E-state index < -0.39 is 22.7 Å². The summed E-state index contributed by atoms with van der Waals surface area (Å²) < 4.78 is 5.53. The van der Waals surface area contributed by atoms with Crippen molar-refractivity contribution in [3.8, 4) is 0 Å². The molecule has 2 heterocycles. The average molecular weight is 425 g/mol. The maximum atomic E-state index is 12.9. The van der Waals surface area contributed by atoms with E-state index in [4.69, 9.17) is 4.74 Å². The van der Waals surface area contributed by atoms with Crippen LogP contribution in [-0.2, 0) is 14.3 Å². The fourth-order valence-corrected chi connectivity index (χ4v) is 3.45. The SMILES string of the molecule is CC(C)OCCCN1C(=O)C(=O)/C(=C(\O)c2ccc([N+](=O)[O-])cc2)C1c1ccncc1. The number of benzene rings is 1. The van der Waals surface area contributed by atoms with E-state index in [0.717, 1.165) is 0 Å². The standard InChI is InChI=1S/C22H23N3O6/c1-14(2)31-13-3-12-24-19(15-8-10-23-11-9-15)18(21(27)22(24)28)20(26)16-4-6-17(7-5-16)25(29)30/h4-11,14,19,26H,3,12-13H2,1-2H3/b20-18-. The largest absolute Gasteiger partial charge is 0.507 e. The highest BCUT2D eigenvalue weighted by atomic mass is 16.6. The molecular formula is C22H23N3O6. The van der Waals surface area contributed by atoms with E-state index in [1.54, 1.807) is 24.5 Å². The molecule has 1 aromatic carbocycles. The Balaban J connectivity index is 2.00. The van der Waals surface area contributed by atoms with Crippen molar-refractivity contribution in [2.75, 3.05) is 13.2 Å². The lowest BCUT2D eigenvalue weighted by molar-refractivity contribution is -0.384. The molecule has 0 radical (unpaired) electrons. The van der Waals surface area contributed by atoms with E-state index >= 15 is 0 Å². The van der Waals surface area contributed by atoms with Gasteiger partial charge >= 0.3 is 0 Å². The second kappa shape index (κ2) is 9.48. The molecule has 0 spiro atoms. The molecule has 1 aliphatic heterocycles. The quantitative estimate of drug-likeness (QED) is 0.172. The number of nitrogens with zero attached hydrogens (tertiary/aromatic N) is 3. The Bertz CT molecular complexity index is 1000. The van der Waals surface area contributed by atoms with E-state index in [2.05, 4.69) is 4.98 Å². The molecule has 1 saturated heterocycles. The Morgan fingerprint density at radius 2 is 1.84 bits per heavy atom. The smallest absolute Gasteiger partial charge is 0.295 e. The number of hydrogen-bond donors (Lipinski definition) is 1. The first-order valence-electron chi connectivity index (χ1n) is 9.86. The van der Waals surface area contributed by atoms with Gasteiger partial charge in [-0.3, -0.25) is 24.7 Å². The Hall–Kier alpha value is -3.59. The normalized spacial score (nSPS) is 18.0. The first-order valence-corrected chi connectivity index (χ1v) is 9.86. The lowest BCUT2D eigenvalue weighted by Gasteiger charge is -2.25. The molecule has 2 aromatic rings. The van der Waals surface area contributed by atoms with Gasteiger partial charge in [0.2, 0.25) is 0 Å². The molecule has 1 atom stereocenters. The summed E-state index contributed by atoms with van der Waals surface area (Å²) >= 11 is 0. The number of aliphatic hydroxyl groups excluding tert-OH is 1. The van der Waals surface area contributed by atoms with Gasteiger partial charge in [0.25, 0.3) is 17.4 Å². The number of carbonyl (C=O) groups is 2. The number of ketones is 1. The highest BCUT2D eigenvalue weighted by Gasteiger charge is 2.45. The number of aromatic nitrogens is 1. The van der Waals surface area contributed by atoms with E-state index in [1.807, 2.05) is 13.8 Å². The number of Topliss-reactive ketones (excluding diaryl/α,β-unsaturated/α-hetero) is 1. The molecule has 1 aliphatic rings. The van der Waals surface area contributed by atoms with Crippen LogP contribution < -0.4 is 0 Å². The predicted octanol–water partition coefficient (Wildman–Crippen LogP) is 3.23. The Labute approximate surface area is 179 Å². The molecule has 1 N–H and O–H groups in total. The third kappa shape index (κ3) is 4.77. The molecule has 1 amide bonds. The van der Waals surface area contributed by atoms with Gasteiger partial charge < -0.3 is 14.7 Å². The van der Waals surface area contributed by atoms with Crippen LogP contribution in [0.5, 0.6) is 0 Å². The number of ether oxygens (including phenoxy) is 1. The van der Waals surface area contributed by atoms with Crippen LogP contribution in [0.2, 0.25) is 0 Å². The maximum absolute atomic E-state index is 12.9. The summed E-state index contributed by atoms with van der Waals surface area (Å²) in [7, 11) is 0. The first-order chi connectivity index (χ1) is 14.8. The number of likely N-dealkylation sites (tertiary alicyclic amines) is 1. The molecule has 31 heavy (non-hydrogen) atoms. The molecule has 3 rings (SSSR count). The minimum Gasteiger partial charge on any atom is -0.507 e. The minimum absolute atomic E-state index is 0.0496. The summed E-state index contributed by atoms with van der Waals surface area (Å²) in [5.41, 5.74) is 0.635. The van der Waals surface area contributed by atoms with Gasteiger partial charge in [0.05, 0.1) is 22.6 Å². The summed E-state index contributed by atoms with van der Waals surface area (Å²) in [5, 5.41) is 21.8. The summed E-state index contributed by atoms with van der Waals surface area (Å²) in [6, 6.07) is 7.72. The molecule has 9 heteroatoms. The van der Waals surface area contributed by atoms with Gasteiger partial charge in [-0.1, -0.05) is 0 Å². The van der Waals surface area contributed by atoms with Crippen LogP contribution in [0.25, 0.3) is 5.76 Å². The fourth-order valence-electron chi connectivity index (χ4n) is 3.45. The molecule has 1 unspecified atom stereocenters. The van der Waals surface area contributed by atoms with E-state index in [9.17, 15) is 24.8 Å². The number of pyridine rings is 1. The van der Waals surface area contributed by atoms with Crippen molar-refractivity contribution in [1.29, 1.82) is 0 Å². The number of non-ortho nitro benzene ring substituents is 1. The number of carbonyl (C=O) groups excluding carboxylic acids is 2. The fraction of sp³-hybridized carbons (Fsp3) is 0.318. The molecule has 162 valence electrons. The number of hydrogen-bond acceptors (Lipinski definition) is 7. The second-order valence-electron chi connectivity index (χ2n) is 7.35. The average Bonchev–Trinajstić information content (AvgIpc) is 3.01. The highest BCUT2D eigenvalue weighted by Crippen LogP contribution is 2.39. The summed E-state index contributed by atoms with van der Waals surface area (Å²) in [4.78, 5) is 41.4. The Morgan fingerprint density at radius 1 is 1.19 bits per heavy atom. The molecule has 1 aromatic heterocycles.